The molecule has 0 amide bonds. The predicted molar refractivity (Wildman–Crippen MR) is 90.8 cm³/mol. The van der Waals surface area contributed by atoms with Gasteiger partial charge in [-0.05, 0) is 35.2 Å². The summed E-state index contributed by atoms with van der Waals surface area (Å²) in [5, 5.41) is 1.93. The van der Waals surface area contributed by atoms with Crippen molar-refractivity contribution in [1.82, 2.24) is 0 Å². The van der Waals surface area contributed by atoms with Gasteiger partial charge in [-0.1, -0.05) is 57.9 Å². The minimum Gasteiger partial charge on any atom is -0.207 e. The van der Waals surface area contributed by atoms with Gasteiger partial charge in [0.05, 0.1) is 5.38 Å². The first-order valence-electron chi connectivity index (χ1n) is 6.34. The van der Waals surface area contributed by atoms with Crippen LogP contribution < -0.4 is 0 Å². The maximum absolute atomic E-state index is 14.1. The first-order valence-corrected chi connectivity index (χ1v) is 7.95. The molecule has 0 radical (unpaired) electrons. The summed E-state index contributed by atoms with van der Waals surface area (Å²) in [4.78, 5) is 0. The van der Waals surface area contributed by atoms with Gasteiger partial charge in [-0.15, -0.1) is 11.6 Å². The highest BCUT2D eigenvalue weighted by Gasteiger charge is 2.18. The molecule has 0 bridgehead atoms. The van der Waals surface area contributed by atoms with Gasteiger partial charge in [-0.2, -0.15) is 0 Å². The summed E-state index contributed by atoms with van der Waals surface area (Å²) >= 11 is 16.1. The van der Waals surface area contributed by atoms with Crippen molar-refractivity contribution in [3.05, 3.63) is 81.0 Å². The van der Waals surface area contributed by atoms with Gasteiger partial charge in [0.1, 0.15) is 5.82 Å². The van der Waals surface area contributed by atoms with Gasteiger partial charge in [-0.3, -0.25) is 0 Å². The van der Waals surface area contributed by atoms with Gasteiger partial charge in [0.25, 0.3) is 0 Å². The van der Waals surface area contributed by atoms with E-state index in [1.54, 1.807) is 18.2 Å². The summed E-state index contributed by atoms with van der Waals surface area (Å²) < 4.78 is 14.8. The van der Waals surface area contributed by atoms with E-state index in [4.69, 9.17) is 23.2 Å². The van der Waals surface area contributed by atoms with Gasteiger partial charge >= 0.3 is 0 Å². The Morgan fingerprint density at radius 3 is 2.38 bits per heavy atom. The second-order valence-corrected chi connectivity index (χ2v) is 6.47. The second-order valence-electron chi connectivity index (χ2n) is 4.71. The van der Waals surface area contributed by atoms with Gasteiger partial charge in [-0.25, -0.2) is 4.39 Å². The van der Waals surface area contributed by atoms with Gasteiger partial charge in [0.2, 0.25) is 0 Å². The van der Waals surface area contributed by atoms with Crippen LogP contribution in [0.1, 0.15) is 16.5 Å². The van der Waals surface area contributed by atoms with Crippen LogP contribution >= 0.6 is 39.1 Å². The summed E-state index contributed by atoms with van der Waals surface area (Å²) in [6.07, 6.45) is 0. The average molecular weight is 384 g/mol. The molecule has 3 rings (SSSR count). The van der Waals surface area contributed by atoms with E-state index in [1.165, 1.54) is 6.07 Å². The Balaban J connectivity index is 2.20. The van der Waals surface area contributed by atoms with Crippen molar-refractivity contribution in [2.24, 2.45) is 0 Å². The number of alkyl halides is 1. The first kappa shape index (κ1) is 14.8. The van der Waals surface area contributed by atoms with Gasteiger partial charge in [0.15, 0.2) is 0 Å². The normalized spacial score (nSPS) is 12.6. The Bertz CT molecular complexity index is 817. The molecule has 0 saturated carbocycles. The lowest BCUT2D eigenvalue weighted by Gasteiger charge is -2.15. The fraction of sp³-hybridized carbons (Fsp3) is 0.0588. The quantitative estimate of drug-likeness (QED) is 0.430. The van der Waals surface area contributed by atoms with E-state index in [0.29, 0.717) is 10.6 Å². The fourth-order valence-corrected chi connectivity index (χ4v) is 3.35. The molecule has 0 nitrogen and oxygen atoms in total. The van der Waals surface area contributed by atoms with Crippen molar-refractivity contribution in [3.63, 3.8) is 0 Å². The maximum atomic E-state index is 14.1. The van der Waals surface area contributed by atoms with E-state index in [-0.39, 0.29) is 5.82 Å². The molecule has 0 fully saturated rings. The lowest BCUT2D eigenvalue weighted by atomic mass is 9.97. The fourth-order valence-electron chi connectivity index (χ4n) is 2.38. The molecule has 0 spiro atoms. The van der Waals surface area contributed by atoms with Crippen LogP contribution in [0.25, 0.3) is 10.8 Å². The Morgan fingerprint density at radius 1 is 0.905 bits per heavy atom. The van der Waals surface area contributed by atoms with Crippen LogP contribution in [0.4, 0.5) is 4.39 Å². The summed E-state index contributed by atoms with van der Waals surface area (Å²) in [7, 11) is 0. The molecule has 1 atom stereocenters. The summed E-state index contributed by atoms with van der Waals surface area (Å²) in [5.74, 6) is -0.322. The predicted octanol–water partition coefficient (Wildman–Crippen LogP) is 6.72. The summed E-state index contributed by atoms with van der Waals surface area (Å²) in [6.45, 7) is 0. The zero-order valence-corrected chi connectivity index (χ0v) is 13.9. The molecule has 0 aliphatic carbocycles. The molecule has 0 aromatic heterocycles. The van der Waals surface area contributed by atoms with E-state index < -0.39 is 5.38 Å². The van der Waals surface area contributed by atoms with Crippen molar-refractivity contribution in [2.45, 2.75) is 5.38 Å². The molecular formula is C17H10BrCl2F. The van der Waals surface area contributed by atoms with E-state index in [2.05, 4.69) is 15.9 Å². The zero-order valence-electron chi connectivity index (χ0n) is 10.8. The lowest BCUT2D eigenvalue weighted by molar-refractivity contribution is 0.612. The molecule has 0 N–H and O–H groups in total. The van der Waals surface area contributed by atoms with Crippen LogP contribution in [-0.2, 0) is 0 Å². The number of benzene rings is 3. The van der Waals surface area contributed by atoms with Crippen LogP contribution in [-0.4, -0.2) is 0 Å². The summed E-state index contributed by atoms with van der Waals surface area (Å²) in [6, 6.07) is 16.1. The molecule has 0 saturated heterocycles. The molecule has 1 unspecified atom stereocenters. The largest absolute Gasteiger partial charge is 0.207 e. The van der Waals surface area contributed by atoms with Crippen LogP contribution in [0.3, 0.4) is 0 Å². The Labute approximate surface area is 140 Å². The lowest BCUT2D eigenvalue weighted by Crippen LogP contribution is -1.98. The van der Waals surface area contributed by atoms with Gasteiger partial charge in [0, 0.05) is 20.4 Å². The second kappa shape index (κ2) is 5.96. The minimum atomic E-state index is -0.579. The maximum Gasteiger partial charge on any atom is 0.128 e. The molecule has 21 heavy (non-hydrogen) atoms. The highest BCUT2D eigenvalue weighted by Crippen LogP contribution is 2.38. The highest BCUT2D eigenvalue weighted by atomic mass is 79.9. The van der Waals surface area contributed by atoms with Crippen molar-refractivity contribution < 1.29 is 4.39 Å². The molecule has 0 aliphatic heterocycles. The number of rotatable bonds is 2. The molecule has 106 valence electrons. The SMILES string of the molecule is Fc1ccc(Br)cc1C(Cl)c1ccc(Cl)c2ccccc12. The monoisotopic (exact) mass is 382 g/mol. The minimum absolute atomic E-state index is 0.322. The molecule has 0 heterocycles. The van der Waals surface area contributed by atoms with Crippen molar-refractivity contribution in [2.75, 3.05) is 0 Å². The Hall–Kier alpha value is -1.09. The molecule has 4 heteroatoms. The van der Waals surface area contributed by atoms with E-state index in [9.17, 15) is 4.39 Å². The van der Waals surface area contributed by atoms with E-state index in [1.807, 2.05) is 30.3 Å². The summed E-state index contributed by atoms with van der Waals surface area (Å²) in [5.41, 5.74) is 1.28. The zero-order chi connectivity index (χ0) is 15.0. The third kappa shape index (κ3) is 2.80. The Morgan fingerprint density at radius 2 is 1.62 bits per heavy atom. The number of halogens is 4. The third-order valence-corrected chi connectivity index (χ3v) is 4.70. The number of hydrogen-bond acceptors (Lipinski definition) is 0. The highest BCUT2D eigenvalue weighted by molar-refractivity contribution is 9.10. The first-order chi connectivity index (χ1) is 10.1. The van der Waals surface area contributed by atoms with Crippen LogP contribution in [0.5, 0.6) is 0 Å². The molecule has 3 aromatic carbocycles. The standard InChI is InChI=1S/C17H10BrCl2F/c18-10-5-8-16(21)14(9-10)17(20)13-6-7-15(19)12-4-2-1-3-11(12)13/h1-9,17H. The van der Waals surface area contributed by atoms with Crippen LogP contribution in [0.15, 0.2) is 59.1 Å². The average Bonchev–Trinajstić information content (AvgIpc) is 2.50. The third-order valence-electron chi connectivity index (χ3n) is 3.41. The van der Waals surface area contributed by atoms with Crippen LogP contribution in [0.2, 0.25) is 5.02 Å². The van der Waals surface area contributed by atoms with E-state index in [0.717, 1.165) is 20.8 Å². The molecule has 0 aliphatic rings. The van der Waals surface area contributed by atoms with Crippen molar-refractivity contribution >= 4 is 49.9 Å². The van der Waals surface area contributed by atoms with Gasteiger partial charge < -0.3 is 0 Å². The molecular weight excluding hydrogens is 374 g/mol. The molecule has 3 aromatic rings. The van der Waals surface area contributed by atoms with E-state index >= 15 is 0 Å². The Kier molecular flexibility index (Phi) is 4.21. The van der Waals surface area contributed by atoms with Crippen molar-refractivity contribution in [1.29, 1.82) is 0 Å². The number of hydrogen-bond donors (Lipinski definition) is 0. The van der Waals surface area contributed by atoms with Crippen molar-refractivity contribution in [3.8, 4) is 0 Å². The number of fused-ring (bicyclic) bond motifs is 1. The topological polar surface area (TPSA) is 0 Å². The van der Waals surface area contributed by atoms with Crippen LogP contribution in [0, 0.1) is 5.82 Å². The smallest absolute Gasteiger partial charge is 0.128 e.